The van der Waals surface area contributed by atoms with Gasteiger partial charge < -0.3 is 9.47 Å². The van der Waals surface area contributed by atoms with Gasteiger partial charge in [0.1, 0.15) is 5.75 Å². The Balaban J connectivity index is 1.91. The van der Waals surface area contributed by atoms with Crippen LogP contribution in [0, 0.1) is 16.7 Å². The van der Waals surface area contributed by atoms with Crippen LogP contribution in [0.2, 0.25) is 0 Å². The average Bonchev–Trinajstić information content (AvgIpc) is 3.09. The van der Waals surface area contributed by atoms with Crippen molar-refractivity contribution in [3.05, 3.63) is 29.8 Å². The molecule has 0 bridgehead atoms. The first-order chi connectivity index (χ1) is 8.28. The molecule has 1 aromatic carbocycles. The predicted molar refractivity (Wildman–Crippen MR) is 64.5 cm³/mol. The summed E-state index contributed by atoms with van der Waals surface area (Å²) in [4.78, 5) is 0. The summed E-state index contributed by atoms with van der Waals surface area (Å²) in [6.07, 6.45) is 2.82. The first-order valence-corrected chi connectivity index (χ1v) is 5.86. The third-order valence-electron chi connectivity index (χ3n) is 3.17. The molecule has 0 aliphatic heterocycles. The molecule has 3 nitrogen and oxygen atoms in total. The molecule has 0 saturated heterocycles. The number of hydrogen-bond acceptors (Lipinski definition) is 3. The summed E-state index contributed by atoms with van der Waals surface area (Å²) in [5.74, 6) is 0.865. The Morgan fingerprint density at radius 1 is 1.41 bits per heavy atom. The first kappa shape index (κ1) is 11.9. The molecule has 0 heterocycles. The summed E-state index contributed by atoms with van der Waals surface area (Å²) < 4.78 is 10.8. The van der Waals surface area contributed by atoms with Gasteiger partial charge in [-0.25, -0.2) is 0 Å². The van der Waals surface area contributed by atoms with Crippen LogP contribution in [-0.2, 0) is 11.3 Å². The minimum atomic E-state index is 0.131. The zero-order valence-corrected chi connectivity index (χ0v) is 10.1. The maximum absolute atomic E-state index is 8.73. The average molecular weight is 231 g/mol. The zero-order valence-electron chi connectivity index (χ0n) is 10.1. The highest BCUT2D eigenvalue weighted by molar-refractivity contribution is 5.28. The normalized spacial score (nSPS) is 16.2. The maximum atomic E-state index is 8.73. The van der Waals surface area contributed by atoms with E-state index in [0.717, 1.165) is 24.2 Å². The van der Waals surface area contributed by atoms with Crippen molar-refractivity contribution in [2.45, 2.75) is 25.9 Å². The van der Waals surface area contributed by atoms with Crippen LogP contribution in [0.15, 0.2) is 24.3 Å². The van der Waals surface area contributed by atoms with E-state index in [9.17, 15) is 0 Å². The molecule has 0 aromatic heterocycles. The highest BCUT2D eigenvalue weighted by Gasteiger charge is 2.43. The molecule has 1 aliphatic carbocycles. The summed E-state index contributed by atoms with van der Waals surface area (Å²) in [6, 6.07) is 10.2. The SMILES string of the molecule is COCc1cccc(OCC2(CC#N)CC2)c1. The number of ether oxygens (including phenoxy) is 2. The van der Waals surface area contributed by atoms with Crippen molar-refractivity contribution >= 4 is 0 Å². The van der Waals surface area contributed by atoms with Crippen molar-refractivity contribution in [1.82, 2.24) is 0 Å². The molecular formula is C14H17NO2. The van der Waals surface area contributed by atoms with Crippen molar-refractivity contribution in [1.29, 1.82) is 5.26 Å². The minimum Gasteiger partial charge on any atom is -0.493 e. The number of methoxy groups -OCH3 is 1. The second kappa shape index (κ2) is 5.20. The van der Waals surface area contributed by atoms with E-state index in [0.29, 0.717) is 19.6 Å². The minimum absolute atomic E-state index is 0.131. The quantitative estimate of drug-likeness (QED) is 0.756. The number of nitrogens with zero attached hydrogens (tertiary/aromatic N) is 1. The van der Waals surface area contributed by atoms with E-state index in [-0.39, 0.29) is 5.41 Å². The van der Waals surface area contributed by atoms with Crippen LogP contribution in [0.1, 0.15) is 24.8 Å². The monoisotopic (exact) mass is 231 g/mol. The van der Waals surface area contributed by atoms with E-state index < -0.39 is 0 Å². The first-order valence-electron chi connectivity index (χ1n) is 5.86. The molecule has 90 valence electrons. The standard InChI is InChI=1S/C14H17NO2/c1-16-10-12-3-2-4-13(9-12)17-11-14(5-6-14)7-8-15/h2-4,9H,5-7,10-11H2,1H3. The van der Waals surface area contributed by atoms with Gasteiger partial charge in [-0.1, -0.05) is 12.1 Å². The largest absolute Gasteiger partial charge is 0.493 e. The van der Waals surface area contributed by atoms with E-state index in [1.54, 1.807) is 7.11 Å². The van der Waals surface area contributed by atoms with Gasteiger partial charge in [-0.05, 0) is 30.5 Å². The molecule has 1 fully saturated rings. The fourth-order valence-electron chi connectivity index (χ4n) is 1.84. The Hall–Kier alpha value is -1.53. The molecular weight excluding hydrogens is 214 g/mol. The van der Waals surface area contributed by atoms with Crippen LogP contribution in [0.25, 0.3) is 0 Å². The van der Waals surface area contributed by atoms with Gasteiger partial charge in [-0.3, -0.25) is 0 Å². The Morgan fingerprint density at radius 2 is 2.24 bits per heavy atom. The summed E-state index contributed by atoms with van der Waals surface area (Å²) in [5.41, 5.74) is 1.24. The molecule has 1 saturated carbocycles. The topological polar surface area (TPSA) is 42.2 Å². The fourth-order valence-corrected chi connectivity index (χ4v) is 1.84. The third kappa shape index (κ3) is 3.21. The molecule has 0 spiro atoms. The maximum Gasteiger partial charge on any atom is 0.119 e. The molecule has 0 unspecified atom stereocenters. The molecule has 1 aliphatic rings. The second-order valence-corrected chi connectivity index (χ2v) is 4.70. The van der Waals surface area contributed by atoms with Gasteiger partial charge in [0.05, 0.1) is 19.3 Å². The third-order valence-corrected chi connectivity index (χ3v) is 3.17. The van der Waals surface area contributed by atoms with E-state index in [1.165, 1.54) is 0 Å². The van der Waals surface area contributed by atoms with E-state index in [2.05, 4.69) is 6.07 Å². The van der Waals surface area contributed by atoms with Crippen LogP contribution in [0.4, 0.5) is 0 Å². The molecule has 0 atom stereocenters. The number of hydrogen-bond donors (Lipinski definition) is 0. The van der Waals surface area contributed by atoms with Crippen molar-refractivity contribution in [2.24, 2.45) is 5.41 Å². The van der Waals surface area contributed by atoms with Gasteiger partial charge in [0.15, 0.2) is 0 Å². The highest BCUT2D eigenvalue weighted by Crippen LogP contribution is 2.48. The van der Waals surface area contributed by atoms with Gasteiger partial charge in [0.25, 0.3) is 0 Å². The molecule has 0 amide bonds. The van der Waals surface area contributed by atoms with Crippen molar-refractivity contribution in [3.63, 3.8) is 0 Å². The highest BCUT2D eigenvalue weighted by atomic mass is 16.5. The van der Waals surface area contributed by atoms with Gasteiger partial charge in [-0.15, -0.1) is 0 Å². The number of nitriles is 1. The lowest BCUT2D eigenvalue weighted by Gasteiger charge is -2.13. The lowest BCUT2D eigenvalue weighted by atomic mass is 10.1. The lowest BCUT2D eigenvalue weighted by Crippen LogP contribution is -2.12. The van der Waals surface area contributed by atoms with Crippen LogP contribution in [0.5, 0.6) is 5.75 Å². The van der Waals surface area contributed by atoms with Crippen molar-refractivity contribution in [3.8, 4) is 11.8 Å². The predicted octanol–water partition coefficient (Wildman–Crippen LogP) is 2.91. The zero-order chi connectivity index (χ0) is 12.1. The molecule has 0 radical (unpaired) electrons. The molecule has 17 heavy (non-hydrogen) atoms. The van der Waals surface area contributed by atoms with Crippen LogP contribution < -0.4 is 4.74 Å². The Kier molecular flexibility index (Phi) is 3.65. The molecule has 0 N–H and O–H groups in total. The van der Waals surface area contributed by atoms with Crippen LogP contribution in [0.3, 0.4) is 0 Å². The van der Waals surface area contributed by atoms with E-state index in [4.69, 9.17) is 14.7 Å². The van der Waals surface area contributed by atoms with Gasteiger partial charge in [-0.2, -0.15) is 5.26 Å². The van der Waals surface area contributed by atoms with Gasteiger partial charge in [0, 0.05) is 18.9 Å². The summed E-state index contributed by atoms with van der Waals surface area (Å²) >= 11 is 0. The van der Waals surface area contributed by atoms with Crippen molar-refractivity contribution < 1.29 is 9.47 Å². The van der Waals surface area contributed by atoms with Gasteiger partial charge in [0.2, 0.25) is 0 Å². The number of benzene rings is 1. The lowest BCUT2D eigenvalue weighted by molar-refractivity contribution is 0.184. The smallest absolute Gasteiger partial charge is 0.119 e. The van der Waals surface area contributed by atoms with E-state index in [1.807, 2.05) is 24.3 Å². The molecule has 1 aromatic rings. The number of rotatable bonds is 6. The Morgan fingerprint density at radius 3 is 2.88 bits per heavy atom. The van der Waals surface area contributed by atoms with Gasteiger partial charge >= 0.3 is 0 Å². The summed E-state index contributed by atoms with van der Waals surface area (Å²) in [6.45, 7) is 1.25. The van der Waals surface area contributed by atoms with E-state index >= 15 is 0 Å². The molecule has 2 rings (SSSR count). The summed E-state index contributed by atoms with van der Waals surface area (Å²) in [5, 5.41) is 8.73. The fraction of sp³-hybridized carbons (Fsp3) is 0.500. The van der Waals surface area contributed by atoms with Crippen LogP contribution in [-0.4, -0.2) is 13.7 Å². The summed E-state index contributed by atoms with van der Waals surface area (Å²) in [7, 11) is 1.68. The van der Waals surface area contributed by atoms with Crippen molar-refractivity contribution in [2.75, 3.05) is 13.7 Å². The molecule has 3 heteroatoms. The Labute approximate surface area is 102 Å². The van der Waals surface area contributed by atoms with Crippen LogP contribution >= 0.6 is 0 Å². The Bertz CT molecular complexity index is 418. The second-order valence-electron chi connectivity index (χ2n) is 4.70.